The first-order valence-electron chi connectivity index (χ1n) is 11.6. The van der Waals surface area contributed by atoms with Gasteiger partial charge in [0.2, 0.25) is 6.21 Å². The van der Waals surface area contributed by atoms with Gasteiger partial charge in [0.05, 0.1) is 17.9 Å². The Morgan fingerprint density at radius 2 is 1.94 bits per heavy atom. The normalized spacial score (nSPS) is 14.6. The summed E-state index contributed by atoms with van der Waals surface area (Å²) in [4.78, 5) is 24.2. The van der Waals surface area contributed by atoms with Gasteiger partial charge in [-0.3, -0.25) is 10.1 Å². The maximum absolute atomic E-state index is 12.2. The van der Waals surface area contributed by atoms with Crippen LogP contribution >= 0.6 is 12.9 Å². The SMILES string of the molecule is CCC1(CC)OC(=O)Nc2ccc(OCCCC=[N+](OS)c3ccc(C)c(C)c3C(C)=O)cc21. The van der Waals surface area contributed by atoms with E-state index < -0.39 is 11.7 Å². The van der Waals surface area contributed by atoms with E-state index >= 15 is 0 Å². The number of nitrogens with zero attached hydrogens (tertiary/aromatic N) is 1. The molecule has 7 nitrogen and oxygen atoms in total. The van der Waals surface area contributed by atoms with Crippen molar-refractivity contribution in [2.45, 2.75) is 65.9 Å². The molecule has 1 heterocycles. The number of carbonyl (C=O) groups excluding carboxylic acids is 2. The Morgan fingerprint density at radius 3 is 2.59 bits per heavy atom. The predicted molar refractivity (Wildman–Crippen MR) is 136 cm³/mol. The molecule has 0 aliphatic carbocycles. The van der Waals surface area contributed by atoms with Crippen molar-refractivity contribution < 1.29 is 28.1 Å². The molecule has 1 aliphatic rings. The number of cyclic esters (lactones) is 1. The van der Waals surface area contributed by atoms with Crippen LogP contribution in [0.1, 0.15) is 73.5 Å². The fraction of sp³-hybridized carbons (Fsp3) is 0.423. The highest BCUT2D eigenvalue weighted by molar-refractivity contribution is 7.74. The average molecular weight is 486 g/mol. The molecule has 0 unspecified atom stereocenters. The molecule has 0 radical (unpaired) electrons. The third-order valence-electron chi connectivity index (χ3n) is 6.45. The summed E-state index contributed by atoms with van der Waals surface area (Å²) in [6.45, 7) is 9.97. The van der Waals surface area contributed by atoms with Gasteiger partial charge in [-0.05, 0) is 69.4 Å². The number of anilines is 1. The van der Waals surface area contributed by atoms with Gasteiger partial charge in [0.15, 0.2) is 5.78 Å². The minimum absolute atomic E-state index is 0.0221. The Bertz CT molecular complexity index is 1110. The maximum Gasteiger partial charge on any atom is 0.412 e. The first kappa shape index (κ1) is 25.6. The highest BCUT2D eigenvalue weighted by atomic mass is 32.1. The lowest BCUT2D eigenvalue weighted by atomic mass is 9.86. The smallest absolute Gasteiger partial charge is 0.412 e. The Hall–Kier alpha value is -3.00. The molecule has 3 rings (SSSR count). The standard InChI is InChI=1S/C26H32N2O5S/c1-6-26(7-2)21-16-20(11-12-22(21)27-25(30)32-26)31-15-9-8-14-28(33-34)23-13-10-17(3)18(4)24(23)19(5)29/h10-14,16H,6-9,15H2,1-5H3,(H-,27,30,34)/p+1. The van der Waals surface area contributed by atoms with E-state index in [1.165, 1.54) is 4.74 Å². The molecule has 2 aromatic carbocycles. The number of nitrogens with one attached hydrogen (secondary N) is 1. The number of thiol groups is 1. The molecule has 0 saturated carbocycles. The van der Waals surface area contributed by atoms with Crippen LogP contribution in [0.2, 0.25) is 0 Å². The molecule has 2 aromatic rings. The van der Waals surface area contributed by atoms with Gasteiger partial charge >= 0.3 is 6.09 Å². The van der Waals surface area contributed by atoms with E-state index in [2.05, 4.69) is 18.2 Å². The van der Waals surface area contributed by atoms with E-state index in [9.17, 15) is 9.59 Å². The minimum Gasteiger partial charge on any atom is -0.494 e. The van der Waals surface area contributed by atoms with Crippen molar-refractivity contribution in [1.82, 2.24) is 0 Å². The van der Waals surface area contributed by atoms with Crippen LogP contribution in [-0.4, -0.2) is 29.4 Å². The van der Waals surface area contributed by atoms with Crippen molar-refractivity contribution in [3.05, 3.63) is 52.6 Å². The van der Waals surface area contributed by atoms with Crippen molar-refractivity contribution in [1.29, 1.82) is 0 Å². The summed E-state index contributed by atoms with van der Waals surface area (Å²) in [5.41, 5.74) is 4.32. The number of hydrogen-bond donors (Lipinski definition) is 2. The topological polar surface area (TPSA) is 76.9 Å². The number of hydrogen-bond acceptors (Lipinski definition) is 6. The molecule has 0 fully saturated rings. The molecule has 0 atom stereocenters. The number of aryl methyl sites for hydroxylation is 1. The monoisotopic (exact) mass is 485 g/mol. The molecule has 0 bridgehead atoms. The van der Waals surface area contributed by atoms with Gasteiger partial charge < -0.3 is 9.47 Å². The van der Waals surface area contributed by atoms with Crippen LogP contribution < -0.4 is 10.1 Å². The highest BCUT2D eigenvalue weighted by Crippen LogP contribution is 2.42. The number of benzene rings is 2. The first-order chi connectivity index (χ1) is 16.3. The molecular weight excluding hydrogens is 452 g/mol. The Morgan fingerprint density at radius 1 is 1.21 bits per heavy atom. The van der Waals surface area contributed by atoms with Gasteiger partial charge in [0.25, 0.3) is 5.69 Å². The lowest BCUT2D eigenvalue weighted by molar-refractivity contribution is -0.672. The van der Waals surface area contributed by atoms with Gasteiger partial charge in [0, 0.05) is 22.8 Å². The van der Waals surface area contributed by atoms with Gasteiger partial charge in [-0.2, -0.15) is 4.28 Å². The number of carbonyl (C=O) groups is 2. The molecule has 0 aromatic heterocycles. The molecule has 1 N–H and O–H groups in total. The summed E-state index contributed by atoms with van der Waals surface area (Å²) >= 11 is 3.98. The van der Waals surface area contributed by atoms with Gasteiger partial charge in [0.1, 0.15) is 24.3 Å². The predicted octanol–water partition coefficient (Wildman–Crippen LogP) is 6.43. The highest BCUT2D eigenvalue weighted by Gasteiger charge is 2.39. The van der Waals surface area contributed by atoms with Crippen molar-refractivity contribution in [2.75, 3.05) is 11.9 Å². The van der Waals surface area contributed by atoms with Gasteiger partial charge in [-0.15, -0.1) is 0 Å². The van der Waals surface area contributed by atoms with E-state index in [1.807, 2.05) is 64.2 Å². The van der Waals surface area contributed by atoms with E-state index in [1.54, 1.807) is 6.92 Å². The van der Waals surface area contributed by atoms with Gasteiger partial charge in [-0.25, -0.2) is 4.79 Å². The fourth-order valence-corrected chi connectivity index (χ4v) is 4.48. The van der Waals surface area contributed by atoms with Crippen molar-refractivity contribution in [2.24, 2.45) is 0 Å². The summed E-state index contributed by atoms with van der Waals surface area (Å²) in [5.74, 6) is 0.700. The van der Waals surface area contributed by atoms with Crippen molar-refractivity contribution in [3.63, 3.8) is 0 Å². The summed E-state index contributed by atoms with van der Waals surface area (Å²) in [6.07, 6.45) is 4.18. The van der Waals surface area contributed by atoms with E-state index in [-0.39, 0.29) is 5.78 Å². The number of unbranched alkanes of at least 4 members (excludes halogenated alkanes) is 1. The van der Waals surface area contributed by atoms with Crippen LogP contribution in [0, 0.1) is 13.8 Å². The summed E-state index contributed by atoms with van der Waals surface area (Å²) in [6, 6.07) is 9.48. The minimum atomic E-state index is -0.643. The number of rotatable bonds is 10. The van der Waals surface area contributed by atoms with Crippen LogP contribution in [0.3, 0.4) is 0 Å². The lowest BCUT2D eigenvalue weighted by Gasteiger charge is -2.37. The number of Topliss-reactive ketones (excluding diaryl/α,β-unsaturated/α-hetero) is 1. The Balaban J connectivity index is 1.68. The maximum atomic E-state index is 12.2. The molecule has 8 heteroatoms. The largest absolute Gasteiger partial charge is 0.494 e. The summed E-state index contributed by atoms with van der Waals surface area (Å²) in [5, 5.41) is 2.77. The average Bonchev–Trinajstić information content (AvgIpc) is 2.82. The van der Waals surface area contributed by atoms with E-state index in [4.69, 9.17) is 13.8 Å². The molecule has 0 saturated heterocycles. The Labute approximate surface area is 206 Å². The third kappa shape index (κ3) is 5.22. The number of fused-ring (bicyclic) bond motifs is 1. The van der Waals surface area contributed by atoms with Crippen LogP contribution in [0.25, 0.3) is 0 Å². The number of amides is 1. The zero-order valence-corrected chi connectivity index (χ0v) is 21.3. The fourth-order valence-electron chi connectivity index (χ4n) is 4.33. The second-order valence-electron chi connectivity index (χ2n) is 8.46. The quantitative estimate of drug-likeness (QED) is 0.0771. The van der Waals surface area contributed by atoms with Crippen molar-refractivity contribution >= 4 is 42.4 Å². The molecule has 34 heavy (non-hydrogen) atoms. The second kappa shape index (κ2) is 11.0. The van der Waals surface area contributed by atoms with Crippen LogP contribution in [-0.2, 0) is 14.6 Å². The third-order valence-corrected chi connectivity index (χ3v) is 6.63. The zero-order valence-electron chi connectivity index (χ0n) is 20.4. The van der Waals surface area contributed by atoms with Crippen LogP contribution in [0.5, 0.6) is 5.75 Å². The number of ketones is 1. The molecule has 0 spiro atoms. The van der Waals surface area contributed by atoms with Crippen LogP contribution in [0.4, 0.5) is 16.2 Å². The van der Waals surface area contributed by atoms with Gasteiger partial charge in [-0.1, -0.05) is 19.9 Å². The lowest BCUT2D eigenvalue weighted by Crippen LogP contribution is -2.38. The number of ether oxygens (including phenoxy) is 2. The molecule has 182 valence electrons. The van der Waals surface area contributed by atoms with Crippen molar-refractivity contribution in [3.8, 4) is 5.75 Å². The second-order valence-corrected chi connectivity index (χ2v) is 8.63. The van der Waals surface area contributed by atoms with E-state index in [0.29, 0.717) is 37.1 Å². The van der Waals surface area contributed by atoms with E-state index in [0.717, 1.165) is 34.5 Å². The molecular formula is C26H33N2O5S+. The Kier molecular flexibility index (Phi) is 8.25. The zero-order chi connectivity index (χ0) is 24.9. The molecule has 1 aliphatic heterocycles. The molecule has 1 amide bonds. The van der Waals surface area contributed by atoms with Crippen LogP contribution in [0.15, 0.2) is 30.3 Å². The summed E-state index contributed by atoms with van der Waals surface area (Å²) < 4.78 is 18.4. The summed E-state index contributed by atoms with van der Waals surface area (Å²) in [7, 11) is 0. The first-order valence-corrected chi connectivity index (χ1v) is 11.9.